The maximum atomic E-state index is 6.33. The van der Waals surface area contributed by atoms with Gasteiger partial charge in [-0.25, -0.2) is 0 Å². The smallest absolute Gasteiger partial charge is 0.0709 e. The van der Waals surface area contributed by atoms with E-state index in [9.17, 15) is 0 Å². The van der Waals surface area contributed by atoms with Crippen LogP contribution in [-0.4, -0.2) is 43.4 Å². The molecule has 0 amide bonds. The number of aryl methyl sites for hydroxylation is 1. The maximum Gasteiger partial charge on any atom is 0.0709 e. The summed E-state index contributed by atoms with van der Waals surface area (Å²) < 4.78 is 12.2. The highest BCUT2D eigenvalue weighted by atomic mass is 32.1. The third kappa shape index (κ3) is 4.85. The summed E-state index contributed by atoms with van der Waals surface area (Å²) in [6.45, 7) is 8.64. The second kappa shape index (κ2) is 8.08. The second-order valence-corrected chi connectivity index (χ2v) is 9.50. The molecule has 25 heavy (non-hydrogen) atoms. The summed E-state index contributed by atoms with van der Waals surface area (Å²) in [6.07, 6.45) is 8.91. The average molecular weight is 364 g/mol. The number of nitrogens with zero attached hydrogens (tertiary/aromatic N) is 1. The molecule has 4 rings (SSSR count). The van der Waals surface area contributed by atoms with Gasteiger partial charge in [0, 0.05) is 44.3 Å². The predicted octanol–water partition coefficient (Wildman–Crippen LogP) is 4.63. The van der Waals surface area contributed by atoms with Crippen molar-refractivity contribution in [3.8, 4) is 0 Å². The van der Waals surface area contributed by atoms with E-state index in [4.69, 9.17) is 9.47 Å². The lowest BCUT2D eigenvalue weighted by Gasteiger charge is -2.46. The zero-order valence-electron chi connectivity index (χ0n) is 15.7. The lowest BCUT2D eigenvalue weighted by Crippen LogP contribution is -2.49. The minimum absolute atomic E-state index is 0.167. The third-order valence-corrected chi connectivity index (χ3v) is 7.43. The van der Waals surface area contributed by atoms with Gasteiger partial charge < -0.3 is 9.47 Å². The summed E-state index contributed by atoms with van der Waals surface area (Å²) in [5, 5.41) is 2.22. The largest absolute Gasteiger partial charge is 0.381 e. The molecule has 2 saturated heterocycles. The molecule has 140 valence electrons. The van der Waals surface area contributed by atoms with E-state index < -0.39 is 0 Å². The molecule has 1 unspecified atom stereocenters. The zero-order valence-corrected chi connectivity index (χ0v) is 16.5. The van der Waals surface area contributed by atoms with Crippen molar-refractivity contribution in [1.82, 2.24) is 4.90 Å². The second-order valence-electron chi connectivity index (χ2n) is 8.50. The monoisotopic (exact) mass is 363 g/mol. The van der Waals surface area contributed by atoms with Crippen LogP contribution in [0.4, 0.5) is 0 Å². The molecule has 1 spiro atoms. The van der Waals surface area contributed by atoms with Gasteiger partial charge in [-0.15, -0.1) is 11.3 Å². The molecule has 0 N–H and O–H groups in total. The number of ether oxygens (including phenoxy) is 2. The van der Waals surface area contributed by atoms with Gasteiger partial charge in [0.15, 0.2) is 0 Å². The minimum atomic E-state index is 0.167. The van der Waals surface area contributed by atoms with E-state index >= 15 is 0 Å². The van der Waals surface area contributed by atoms with E-state index in [2.05, 4.69) is 23.3 Å². The first-order chi connectivity index (χ1) is 12.2. The fourth-order valence-corrected chi connectivity index (χ4v) is 5.34. The first-order valence-corrected chi connectivity index (χ1v) is 11.1. The molecule has 3 nitrogen and oxygen atoms in total. The normalized spacial score (nSPS) is 27.0. The van der Waals surface area contributed by atoms with Gasteiger partial charge in [-0.05, 0) is 80.7 Å². The van der Waals surface area contributed by atoms with E-state index in [0.717, 1.165) is 38.2 Å². The molecule has 4 heteroatoms. The van der Waals surface area contributed by atoms with Crippen molar-refractivity contribution in [2.24, 2.45) is 11.8 Å². The lowest BCUT2D eigenvalue weighted by molar-refractivity contribution is -0.130. The summed E-state index contributed by atoms with van der Waals surface area (Å²) in [6, 6.07) is 2.24. The van der Waals surface area contributed by atoms with Crippen LogP contribution in [0.1, 0.15) is 55.4 Å². The van der Waals surface area contributed by atoms with Crippen molar-refractivity contribution in [2.75, 3.05) is 32.9 Å². The SMILES string of the molecule is Cc1ccsc1CN1CCC2(CC1)CC(CCOCC1CC1)CCO2. The van der Waals surface area contributed by atoms with E-state index in [1.54, 1.807) is 0 Å². The van der Waals surface area contributed by atoms with Crippen LogP contribution in [0, 0.1) is 18.8 Å². The Labute approximate surface area is 156 Å². The van der Waals surface area contributed by atoms with Crippen molar-refractivity contribution < 1.29 is 9.47 Å². The van der Waals surface area contributed by atoms with Crippen LogP contribution in [0.25, 0.3) is 0 Å². The number of likely N-dealkylation sites (tertiary alicyclic amines) is 1. The lowest BCUT2D eigenvalue weighted by atomic mass is 9.78. The molecular formula is C21H33NO2S. The van der Waals surface area contributed by atoms with Gasteiger partial charge in [0.1, 0.15) is 0 Å². The highest BCUT2D eigenvalue weighted by Gasteiger charge is 2.40. The number of rotatable bonds is 7. The van der Waals surface area contributed by atoms with Gasteiger partial charge in [0.25, 0.3) is 0 Å². The summed E-state index contributed by atoms with van der Waals surface area (Å²) in [7, 11) is 0. The Morgan fingerprint density at radius 2 is 2.08 bits per heavy atom. The molecule has 1 saturated carbocycles. The Hall–Kier alpha value is -0.420. The number of hydrogen-bond acceptors (Lipinski definition) is 4. The fourth-order valence-electron chi connectivity index (χ4n) is 4.40. The molecular weight excluding hydrogens is 330 g/mol. The van der Waals surface area contributed by atoms with Crippen molar-refractivity contribution >= 4 is 11.3 Å². The molecule has 1 aromatic rings. The molecule has 3 aliphatic rings. The average Bonchev–Trinajstić information content (AvgIpc) is 3.36. The number of hydrogen-bond donors (Lipinski definition) is 0. The molecule has 2 aliphatic heterocycles. The topological polar surface area (TPSA) is 21.7 Å². The van der Waals surface area contributed by atoms with Crippen LogP contribution in [0.3, 0.4) is 0 Å². The summed E-state index contributed by atoms with van der Waals surface area (Å²) in [5.74, 6) is 1.69. The van der Waals surface area contributed by atoms with Crippen molar-refractivity contribution in [1.29, 1.82) is 0 Å². The first-order valence-electron chi connectivity index (χ1n) is 10.2. The highest BCUT2D eigenvalue weighted by molar-refractivity contribution is 7.10. The Morgan fingerprint density at radius 3 is 2.80 bits per heavy atom. The molecule has 1 atom stereocenters. The van der Waals surface area contributed by atoms with Crippen LogP contribution in [0.2, 0.25) is 0 Å². The quantitative estimate of drug-likeness (QED) is 0.659. The Bertz CT molecular complexity index is 546. The minimum Gasteiger partial charge on any atom is -0.381 e. The van der Waals surface area contributed by atoms with Crippen molar-refractivity contribution in [2.45, 2.75) is 64.0 Å². The van der Waals surface area contributed by atoms with E-state index in [-0.39, 0.29) is 5.60 Å². The van der Waals surface area contributed by atoms with Gasteiger partial charge >= 0.3 is 0 Å². The Morgan fingerprint density at radius 1 is 1.24 bits per heavy atom. The first kappa shape index (κ1) is 18.0. The predicted molar refractivity (Wildman–Crippen MR) is 103 cm³/mol. The molecule has 3 heterocycles. The van der Waals surface area contributed by atoms with Crippen LogP contribution in [-0.2, 0) is 16.0 Å². The molecule has 0 radical (unpaired) electrons. The Balaban J connectivity index is 1.21. The van der Waals surface area contributed by atoms with Gasteiger partial charge in [0.05, 0.1) is 5.60 Å². The Kier molecular flexibility index (Phi) is 5.81. The highest BCUT2D eigenvalue weighted by Crippen LogP contribution is 2.39. The molecule has 0 bridgehead atoms. The van der Waals surface area contributed by atoms with Crippen molar-refractivity contribution in [3.05, 3.63) is 21.9 Å². The van der Waals surface area contributed by atoms with E-state index in [1.165, 1.54) is 68.5 Å². The van der Waals surface area contributed by atoms with Crippen molar-refractivity contribution in [3.63, 3.8) is 0 Å². The summed E-state index contributed by atoms with van der Waals surface area (Å²) in [4.78, 5) is 4.15. The number of thiophene rings is 1. The zero-order chi connectivity index (χ0) is 17.1. The number of piperidine rings is 1. The molecule has 1 aromatic heterocycles. The van der Waals surface area contributed by atoms with Crippen LogP contribution in [0.5, 0.6) is 0 Å². The molecule has 1 aliphatic carbocycles. The maximum absolute atomic E-state index is 6.33. The van der Waals surface area contributed by atoms with Crippen LogP contribution in [0.15, 0.2) is 11.4 Å². The molecule has 3 fully saturated rings. The van der Waals surface area contributed by atoms with Gasteiger partial charge in [-0.3, -0.25) is 4.90 Å². The van der Waals surface area contributed by atoms with E-state index in [0.29, 0.717) is 0 Å². The van der Waals surface area contributed by atoms with Gasteiger partial charge in [-0.1, -0.05) is 0 Å². The van der Waals surface area contributed by atoms with E-state index in [1.807, 2.05) is 11.3 Å². The van der Waals surface area contributed by atoms with Crippen LogP contribution >= 0.6 is 11.3 Å². The molecule has 0 aromatic carbocycles. The third-order valence-electron chi connectivity index (χ3n) is 6.42. The van der Waals surface area contributed by atoms with Gasteiger partial charge in [-0.2, -0.15) is 0 Å². The summed E-state index contributed by atoms with van der Waals surface area (Å²) >= 11 is 1.90. The standard InChI is InChI=1S/C21H33NO2S/c1-17-6-13-25-20(17)15-22-9-7-21(8-10-22)14-18(5-12-24-21)4-11-23-16-19-2-3-19/h6,13,18-19H,2-5,7-12,14-16H2,1H3. The van der Waals surface area contributed by atoms with Gasteiger partial charge in [0.2, 0.25) is 0 Å². The van der Waals surface area contributed by atoms with Crippen LogP contribution < -0.4 is 0 Å². The summed E-state index contributed by atoms with van der Waals surface area (Å²) in [5.41, 5.74) is 1.62. The fraction of sp³-hybridized carbons (Fsp3) is 0.810.